The molecule has 2 aromatic carbocycles. The highest BCUT2D eigenvalue weighted by atomic mass is 32.2. The number of benzene rings is 2. The second-order valence-electron chi connectivity index (χ2n) is 7.49. The van der Waals surface area contributed by atoms with E-state index in [1.54, 1.807) is 18.2 Å². The van der Waals surface area contributed by atoms with Crippen LogP contribution in [0.3, 0.4) is 0 Å². The maximum atomic E-state index is 13.0. The highest BCUT2D eigenvalue weighted by molar-refractivity contribution is 7.89. The van der Waals surface area contributed by atoms with Crippen molar-refractivity contribution in [2.45, 2.75) is 51.9 Å². The molecule has 0 unspecified atom stereocenters. The number of hydrogen-bond acceptors (Lipinski definition) is 5. The summed E-state index contributed by atoms with van der Waals surface area (Å²) in [4.78, 5) is 12.8. The van der Waals surface area contributed by atoms with Crippen LogP contribution in [0.15, 0.2) is 47.4 Å². The van der Waals surface area contributed by atoms with Gasteiger partial charge in [0.15, 0.2) is 0 Å². The van der Waals surface area contributed by atoms with E-state index in [4.69, 9.17) is 0 Å². The van der Waals surface area contributed by atoms with Gasteiger partial charge in [-0.15, -0.1) is 0 Å². The van der Waals surface area contributed by atoms with Gasteiger partial charge in [0.05, 0.1) is 22.8 Å². The van der Waals surface area contributed by atoms with Crippen LogP contribution in [0.1, 0.15) is 46.1 Å². The summed E-state index contributed by atoms with van der Waals surface area (Å²) in [5.74, 6) is -0.192. The fraction of sp³-hybridized carbons (Fsp3) is 0.458. The van der Waals surface area contributed by atoms with E-state index in [2.05, 4.69) is 22.9 Å². The molecule has 0 radical (unpaired) electrons. The van der Waals surface area contributed by atoms with Crippen LogP contribution in [-0.2, 0) is 21.2 Å². The number of hydrogen-bond donors (Lipinski definition) is 3. The molecule has 0 atom stereocenters. The lowest BCUT2D eigenvalue weighted by Crippen LogP contribution is -2.30. The van der Waals surface area contributed by atoms with Crippen LogP contribution >= 0.6 is 0 Å². The van der Waals surface area contributed by atoms with Crippen LogP contribution in [0.5, 0.6) is 0 Å². The monoisotopic (exact) mass is 460 g/mol. The molecule has 32 heavy (non-hydrogen) atoms. The van der Waals surface area contributed by atoms with E-state index in [0.717, 1.165) is 42.7 Å². The molecule has 0 aromatic heterocycles. The van der Waals surface area contributed by atoms with Crippen LogP contribution < -0.4 is 16.0 Å². The average molecular weight is 461 g/mol. The lowest BCUT2D eigenvalue weighted by Gasteiger charge is -2.20. The van der Waals surface area contributed by atoms with E-state index in [0.29, 0.717) is 18.8 Å². The number of nitrogens with one attached hydrogen (secondary N) is 3. The van der Waals surface area contributed by atoms with Crippen molar-refractivity contribution in [2.75, 3.05) is 42.1 Å². The normalized spacial score (nSPS) is 11.4. The summed E-state index contributed by atoms with van der Waals surface area (Å²) in [5, 5.41) is 9.40. The first-order valence-corrected chi connectivity index (χ1v) is 12.8. The Morgan fingerprint density at radius 2 is 1.62 bits per heavy atom. The number of para-hydroxylation sites is 1. The molecular weight excluding hydrogens is 424 g/mol. The fourth-order valence-electron chi connectivity index (χ4n) is 3.42. The molecule has 3 N–H and O–H groups in total. The van der Waals surface area contributed by atoms with Crippen LogP contribution in [0.2, 0.25) is 0 Å². The zero-order chi connectivity index (χ0) is 23.6. The maximum Gasteiger partial charge on any atom is 0.243 e. The molecule has 0 heterocycles. The predicted octanol–water partition coefficient (Wildman–Crippen LogP) is 4.54. The van der Waals surface area contributed by atoms with E-state index < -0.39 is 10.0 Å². The topological polar surface area (TPSA) is 90.5 Å². The summed E-state index contributed by atoms with van der Waals surface area (Å²) in [7, 11) is -3.60. The Bertz CT molecular complexity index is 988. The van der Waals surface area contributed by atoms with Crippen LogP contribution in [0, 0.1) is 0 Å². The Hall–Kier alpha value is -2.58. The third-order valence-corrected chi connectivity index (χ3v) is 7.34. The molecule has 8 heteroatoms. The average Bonchev–Trinajstić information content (AvgIpc) is 2.79. The van der Waals surface area contributed by atoms with E-state index in [-0.39, 0.29) is 17.3 Å². The Morgan fingerprint density at radius 3 is 2.28 bits per heavy atom. The molecular formula is C24H36N4O3S. The number of sulfonamides is 1. The first kappa shape index (κ1) is 25.7. The fourth-order valence-corrected chi connectivity index (χ4v) is 4.90. The summed E-state index contributed by atoms with van der Waals surface area (Å²) >= 11 is 0. The highest BCUT2D eigenvalue weighted by Gasteiger charge is 2.22. The lowest BCUT2D eigenvalue weighted by molar-refractivity contribution is -0.114. The van der Waals surface area contributed by atoms with Gasteiger partial charge in [0.1, 0.15) is 0 Å². The van der Waals surface area contributed by atoms with Crippen molar-refractivity contribution < 1.29 is 13.2 Å². The minimum Gasteiger partial charge on any atom is -0.383 e. The minimum absolute atomic E-state index is 0.0231. The third kappa shape index (κ3) is 6.71. The van der Waals surface area contributed by atoms with Gasteiger partial charge in [-0.2, -0.15) is 4.31 Å². The standard InChI is InChI=1S/C24H36N4O3S/c1-5-9-16-25-22-15-14-20(32(30,31)28(7-3)8-4)17-23(22)26-18-24(29)27-21-13-11-10-12-19(21)6-2/h10-15,17,25-26H,5-9,16,18H2,1-4H3,(H,27,29). The Kier molecular flexibility index (Phi) is 9.99. The van der Waals surface area contributed by atoms with Gasteiger partial charge in [-0.25, -0.2) is 8.42 Å². The van der Waals surface area contributed by atoms with Crippen molar-refractivity contribution in [3.63, 3.8) is 0 Å². The predicted molar refractivity (Wildman–Crippen MR) is 133 cm³/mol. The second-order valence-corrected chi connectivity index (χ2v) is 9.43. The maximum absolute atomic E-state index is 13.0. The van der Waals surface area contributed by atoms with Crippen molar-refractivity contribution in [3.05, 3.63) is 48.0 Å². The van der Waals surface area contributed by atoms with Gasteiger partial charge in [-0.05, 0) is 42.7 Å². The number of unbranched alkanes of at least 4 members (excludes halogenated alkanes) is 1. The summed E-state index contributed by atoms with van der Waals surface area (Å²) in [5.41, 5.74) is 3.23. The zero-order valence-corrected chi connectivity index (χ0v) is 20.4. The largest absolute Gasteiger partial charge is 0.383 e. The molecule has 0 aliphatic heterocycles. The van der Waals surface area contributed by atoms with Gasteiger partial charge >= 0.3 is 0 Å². The van der Waals surface area contributed by atoms with Gasteiger partial charge in [-0.1, -0.05) is 52.3 Å². The molecule has 176 valence electrons. The smallest absolute Gasteiger partial charge is 0.243 e. The minimum atomic E-state index is -3.60. The van der Waals surface area contributed by atoms with Gasteiger partial charge in [0.25, 0.3) is 0 Å². The highest BCUT2D eigenvalue weighted by Crippen LogP contribution is 2.27. The Morgan fingerprint density at radius 1 is 0.906 bits per heavy atom. The van der Waals surface area contributed by atoms with Gasteiger partial charge in [-0.3, -0.25) is 4.79 Å². The van der Waals surface area contributed by atoms with Crippen LogP contribution in [0.4, 0.5) is 17.1 Å². The first-order chi connectivity index (χ1) is 15.4. The molecule has 0 aliphatic rings. The SMILES string of the molecule is CCCCNc1ccc(S(=O)(=O)N(CC)CC)cc1NCC(=O)Nc1ccccc1CC. The Balaban J connectivity index is 2.23. The van der Waals surface area contributed by atoms with Crippen molar-refractivity contribution in [1.82, 2.24) is 4.31 Å². The molecule has 0 aliphatic carbocycles. The molecule has 0 bridgehead atoms. The zero-order valence-electron chi connectivity index (χ0n) is 19.6. The van der Waals surface area contributed by atoms with Crippen LogP contribution in [-0.4, -0.2) is 44.8 Å². The lowest BCUT2D eigenvalue weighted by atomic mass is 10.1. The number of aryl methyl sites for hydroxylation is 1. The molecule has 0 saturated heterocycles. The number of amides is 1. The van der Waals surface area contributed by atoms with Crippen LogP contribution in [0.25, 0.3) is 0 Å². The second kappa shape index (κ2) is 12.5. The number of anilines is 3. The number of carbonyl (C=O) groups is 1. The van der Waals surface area contributed by atoms with Gasteiger partial charge < -0.3 is 16.0 Å². The Labute approximate surface area is 192 Å². The number of rotatable bonds is 13. The quantitative estimate of drug-likeness (QED) is 0.382. The summed E-state index contributed by atoms with van der Waals surface area (Å²) in [6.07, 6.45) is 2.86. The summed E-state index contributed by atoms with van der Waals surface area (Å²) in [6, 6.07) is 12.7. The molecule has 0 spiro atoms. The summed E-state index contributed by atoms with van der Waals surface area (Å²) in [6.45, 7) is 9.38. The summed E-state index contributed by atoms with van der Waals surface area (Å²) < 4.78 is 27.4. The molecule has 2 aromatic rings. The van der Waals surface area contributed by atoms with Crippen molar-refractivity contribution in [2.24, 2.45) is 0 Å². The van der Waals surface area contributed by atoms with Crippen molar-refractivity contribution >= 4 is 33.0 Å². The van der Waals surface area contributed by atoms with Crippen molar-refractivity contribution in [1.29, 1.82) is 0 Å². The van der Waals surface area contributed by atoms with E-state index in [1.165, 1.54) is 4.31 Å². The third-order valence-electron chi connectivity index (χ3n) is 5.29. The van der Waals surface area contributed by atoms with E-state index in [9.17, 15) is 13.2 Å². The van der Waals surface area contributed by atoms with Crippen molar-refractivity contribution in [3.8, 4) is 0 Å². The molecule has 0 fully saturated rings. The van der Waals surface area contributed by atoms with E-state index >= 15 is 0 Å². The van der Waals surface area contributed by atoms with E-state index in [1.807, 2.05) is 45.0 Å². The molecule has 1 amide bonds. The van der Waals surface area contributed by atoms with Gasteiger partial charge in [0, 0.05) is 25.3 Å². The first-order valence-electron chi connectivity index (χ1n) is 11.4. The van der Waals surface area contributed by atoms with Gasteiger partial charge in [0.2, 0.25) is 15.9 Å². The molecule has 0 saturated carbocycles. The molecule has 7 nitrogen and oxygen atoms in total. The number of carbonyl (C=O) groups excluding carboxylic acids is 1. The number of nitrogens with zero attached hydrogens (tertiary/aromatic N) is 1. The molecule has 2 rings (SSSR count).